The van der Waals surface area contributed by atoms with Crippen LogP contribution in [-0.2, 0) is 21.2 Å². The van der Waals surface area contributed by atoms with Gasteiger partial charge in [0, 0.05) is 12.7 Å². The zero-order valence-corrected chi connectivity index (χ0v) is 15.1. The molecule has 8 heteroatoms. The van der Waals surface area contributed by atoms with Crippen molar-refractivity contribution in [3.8, 4) is 0 Å². The smallest absolute Gasteiger partial charge is 0.252 e. The number of hydrogen-bond acceptors (Lipinski definition) is 4. The van der Waals surface area contributed by atoms with E-state index < -0.39 is 15.9 Å². The van der Waals surface area contributed by atoms with Crippen LogP contribution in [0.4, 0.5) is 5.69 Å². The van der Waals surface area contributed by atoms with Crippen LogP contribution in [0.25, 0.3) is 0 Å². The number of sulfonamides is 1. The van der Waals surface area contributed by atoms with Crippen LogP contribution in [0.5, 0.6) is 0 Å². The molecule has 2 rings (SSSR count). The molecule has 0 saturated carbocycles. The molecule has 0 aliphatic carbocycles. The summed E-state index contributed by atoms with van der Waals surface area (Å²) in [7, 11) is -2.35. The minimum Gasteiger partial charge on any atom is -0.325 e. The van der Waals surface area contributed by atoms with Gasteiger partial charge < -0.3 is 5.32 Å². The van der Waals surface area contributed by atoms with Gasteiger partial charge in [0.2, 0.25) is 5.91 Å². The van der Waals surface area contributed by atoms with Crippen molar-refractivity contribution in [2.45, 2.75) is 17.6 Å². The maximum absolute atomic E-state index is 12.3. The lowest BCUT2D eigenvalue weighted by molar-refractivity contribution is -0.116. The number of carbonyl (C=O) groups is 1. The second kappa shape index (κ2) is 7.44. The van der Waals surface area contributed by atoms with Gasteiger partial charge in [-0.1, -0.05) is 30.7 Å². The molecule has 0 unspecified atom stereocenters. The Bertz CT molecular complexity index is 803. The predicted octanol–water partition coefficient (Wildman–Crippen LogP) is 3.22. The third-order valence-corrected chi connectivity index (χ3v) is 6.70. The van der Waals surface area contributed by atoms with E-state index in [0.29, 0.717) is 10.0 Å². The lowest BCUT2D eigenvalue weighted by Gasteiger charge is -2.15. The van der Waals surface area contributed by atoms with Crippen LogP contribution in [0, 0.1) is 0 Å². The quantitative estimate of drug-likeness (QED) is 0.846. The van der Waals surface area contributed by atoms with E-state index in [1.165, 1.54) is 19.2 Å². The number of likely N-dealkylation sites (N-methyl/N-ethyl adjacent to an activating group) is 1. The molecule has 1 N–H and O–H groups in total. The molecule has 0 aliphatic rings. The van der Waals surface area contributed by atoms with E-state index in [0.717, 1.165) is 27.6 Å². The average molecular weight is 373 g/mol. The molecule has 0 bridgehead atoms. The summed E-state index contributed by atoms with van der Waals surface area (Å²) < 4.78 is 26.2. The molecular weight excluding hydrogens is 356 g/mol. The fraction of sp³-hybridized carbons (Fsp3) is 0.267. The molecule has 1 aromatic heterocycles. The highest BCUT2D eigenvalue weighted by atomic mass is 35.5. The molecule has 0 fully saturated rings. The monoisotopic (exact) mass is 372 g/mol. The van der Waals surface area contributed by atoms with E-state index in [-0.39, 0.29) is 10.8 Å². The standard InChI is InChI=1S/C15H17ClN2O3S2/c1-3-11-5-4-6-12(9-11)17-14(19)10-18(2)23(20,21)15-8-7-13(16)22-15/h4-9H,3,10H2,1-2H3,(H,17,19). The average Bonchev–Trinajstić information content (AvgIpc) is 2.94. The fourth-order valence-corrected chi connectivity index (χ4v) is 4.77. The summed E-state index contributed by atoms with van der Waals surface area (Å²) in [4.78, 5) is 12.1. The molecule has 23 heavy (non-hydrogen) atoms. The third-order valence-electron chi connectivity index (χ3n) is 3.20. The van der Waals surface area contributed by atoms with E-state index in [1.807, 2.05) is 25.1 Å². The minimum atomic E-state index is -3.71. The lowest BCUT2D eigenvalue weighted by atomic mass is 10.1. The zero-order chi connectivity index (χ0) is 17.0. The van der Waals surface area contributed by atoms with Gasteiger partial charge in [0.05, 0.1) is 10.9 Å². The van der Waals surface area contributed by atoms with Crippen molar-refractivity contribution in [3.05, 3.63) is 46.3 Å². The van der Waals surface area contributed by atoms with Crippen LogP contribution in [0.2, 0.25) is 4.34 Å². The highest BCUT2D eigenvalue weighted by molar-refractivity contribution is 7.91. The molecule has 0 saturated heterocycles. The molecule has 2 aromatic rings. The summed E-state index contributed by atoms with van der Waals surface area (Å²) in [5.41, 5.74) is 1.75. The molecular formula is C15H17ClN2O3S2. The van der Waals surface area contributed by atoms with Crippen LogP contribution in [0.1, 0.15) is 12.5 Å². The van der Waals surface area contributed by atoms with E-state index in [9.17, 15) is 13.2 Å². The van der Waals surface area contributed by atoms with Crippen LogP contribution in [0.3, 0.4) is 0 Å². The number of amides is 1. The van der Waals surface area contributed by atoms with Crippen molar-refractivity contribution < 1.29 is 13.2 Å². The van der Waals surface area contributed by atoms with E-state index in [4.69, 9.17) is 11.6 Å². The Kier molecular flexibility index (Phi) is 5.80. The second-order valence-corrected chi connectivity index (χ2v) is 8.91. The highest BCUT2D eigenvalue weighted by Crippen LogP contribution is 2.27. The molecule has 1 amide bonds. The Morgan fingerprint density at radius 2 is 2.04 bits per heavy atom. The first kappa shape index (κ1) is 17.9. The number of rotatable bonds is 6. The summed E-state index contributed by atoms with van der Waals surface area (Å²) in [6.07, 6.45) is 0.858. The number of hydrogen-bond donors (Lipinski definition) is 1. The minimum absolute atomic E-state index is 0.116. The molecule has 1 heterocycles. The number of nitrogens with zero attached hydrogens (tertiary/aromatic N) is 1. The number of aryl methyl sites for hydroxylation is 1. The largest absolute Gasteiger partial charge is 0.325 e. The van der Waals surface area contributed by atoms with E-state index in [2.05, 4.69) is 5.32 Å². The van der Waals surface area contributed by atoms with Gasteiger partial charge in [0.1, 0.15) is 4.21 Å². The van der Waals surface area contributed by atoms with Crippen LogP contribution >= 0.6 is 22.9 Å². The van der Waals surface area contributed by atoms with Gasteiger partial charge in [-0.3, -0.25) is 4.79 Å². The number of nitrogens with one attached hydrogen (secondary N) is 1. The van der Waals surface area contributed by atoms with Gasteiger partial charge in [0.25, 0.3) is 10.0 Å². The van der Waals surface area contributed by atoms with Crippen molar-refractivity contribution in [2.24, 2.45) is 0 Å². The molecule has 5 nitrogen and oxygen atoms in total. The van der Waals surface area contributed by atoms with Gasteiger partial charge in [-0.2, -0.15) is 4.31 Å². The molecule has 1 aromatic carbocycles. The van der Waals surface area contributed by atoms with Gasteiger partial charge in [0.15, 0.2) is 0 Å². The molecule has 0 aliphatic heterocycles. The Labute approximate surface area is 144 Å². The Hall–Kier alpha value is -1.41. The summed E-state index contributed by atoms with van der Waals surface area (Å²) in [6.45, 7) is 1.75. The number of anilines is 1. The topological polar surface area (TPSA) is 66.5 Å². The summed E-state index contributed by atoms with van der Waals surface area (Å²) in [5.74, 6) is -0.396. The van der Waals surface area contributed by atoms with Crippen molar-refractivity contribution in [1.82, 2.24) is 4.31 Å². The van der Waals surface area contributed by atoms with Gasteiger partial charge in [-0.05, 0) is 36.2 Å². The number of thiophene rings is 1. The Morgan fingerprint density at radius 1 is 1.30 bits per heavy atom. The second-order valence-electron chi connectivity index (χ2n) is 4.92. The SMILES string of the molecule is CCc1cccc(NC(=O)CN(C)S(=O)(=O)c2ccc(Cl)s2)c1. The van der Waals surface area contributed by atoms with Crippen LogP contribution < -0.4 is 5.32 Å². The summed E-state index contributed by atoms with van der Waals surface area (Å²) in [6, 6.07) is 10.4. The first-order chi connectivity index (χ1) is 10.8. The molecule has 124 valence electrons. The third kappa shape index (κ3) is 4.54. The van der Waals surface area contributed by atoms with Crippen LogP contribution in [0.15, 0.2) is 40.6 Å². The number of benzene rings is 1. The highest BCUT2D eigenvalue weighted by Gasteiger charge is 2.24. The van der Waals surface area contributed by atoms with Gasteiger partial charge >= 0.3 is 0 Å². The van der Waals surface area contributed by atoms with Gasteiger partial charge in [-0.25, -0.2) is 8.42 Å². The summed E-state index contributed by atoms with van der Waals surface area (Å²) in [5, 5.41) is 2.71. The first-order valence-corrected chi connectivity index (χ1v) is 9.57. The maximum Gasteiger partial charge on any atom is 0.252 e. The van der Waals surface area contributed by atoms with Crippen molar-refractivity contribution >= 4 is 44.6 Å². The van der Waals surface area contributed by atoms with Crippen molar-refractivity contribution in [1.29, 1.82) is 0 Å². The number of halogens is 1. The Balaban J connectivity index is 2.04. The predicted molar refractivity (Wildman–Crippen MR) is 93.6 cm³/mol. The molecule has 0 radical (unpaired) electrons. The maximum atomic E-state index is 12.3. The van der Waals surface area contributed by atoms with Crippen molar-refractivity contribution in [3.63, 3.8) is 0 Å². The molecule has 0 atom stereocenters. The van der Waals surface area contributed by atoms with Gasteiger partial charge in [-0.15, -0.1) is 11.3 Å². The van der Waals surface area contributed by atoms with E-state index in [1.54, 1.807) is 6.07 Å². The fourth-order valence-electron chi connectivity index (χ4n) is 1.95. The number of carbonyl (C=O) groups excluding carboxylic acids is 1. The first-order valence-electron chi connectivity index (χ1n) is 6.93. The summed E-state index contributed by atoms with van der Waals surface area (Å²) >= 11 is 6.73. The molecule has 0 spiro atoms. The van der Waals surface area contributed by atoms with E-state index >= 15 is 0 Å². The normalized spacial score (nSPS) is 11.7. The Morgan fingerprint density at radius 3 is 2.65 bits per heavy atom. The zero-order valence-electron chi connectivity index (χ0n) is 12.7. The van der Waals surface area contributed by atoms with Crippen LogP contribution in [-0.4, -0.2) is 32.2 Å². The van der Waals surface area contributed by atoms with Crippen molar-refractivity contribution in [2.75, 3.05) is 18.9 Å². The lowest BCUT2D eigenvalue weighted by Crippen LogP contribution is -2.34.